The number of ether oxygens (including phenoxy) is 1. The lowest BCUT2D eigenvalue weighted by Crippen LogP contribution is -1.94. The number of aromatic carboxylic acids is 1. The Balaban J connectivity index is 2.82. The van der Waals surface area contributed by atoms with Gasteiger partial charge in [-0.1, -0.05) is 0 Å². The average molecular weight is 219 g/mol. The summed E-state index contributed by atoms with van der Waals surface area (Å²) >= 11 is 0. The smallest absolute Gasteiger partial charge is 0.337 e. The SMILES string of the molecule is COc1cc2c(cc1C)c(C(=O)O)cn2C. The number of carboxylic acid groups (broad SMARTS) is 1. The van der Waals surface area contributed by atoms with Crippen LogP contribution in [-0.2, 0) is 7.05 Å². The molecular formula is C12H13NO3. The van der Waals surface area contributed by atoms with Gasteiger partial charge in [-0.25, -0.2) is 4.79 Å². The zero-order chi connectivity index (χ0) is 11.9. The molecule has 1 heterocycles. The number of carboxylic acids is 1. The van der Waals surface area contributed by atoms with Crippen molar-refractivity contribution >= 4 is 16.9 Å². The molecule has 2 rings (SSSR count). The molecule has 0 aliphatic rings. The van der Waals surface area contributed by atoms with Crippen LogP contribution in [0.4, 0.5) is 0 Å². The topological polar surface area (TPSA) is 51.5 Å². The van der Waals surface area contributed by atoms with Crippen LogP contribution in [0.25, 0.3) is 10.9 Å². The van der Waals surface area contributed by atoms with Crippen molar-refractivity contribution in [2.24, 2.45) is 7.05 Å². The van der Waals surface area contributed by atoms with E-state index in [-0.39, 0.29) is 0 Å². The van der Waals surface area contributed by atoms with E-state index in [1.165, 1.54) is 0 Å². The van der Waals surface area contributed by atoms with Crippen LogP contribution in [0.15, 0.2) is 18.3 Å². The Labute approximate surface area is 93.1 Å². The van der Waals surface area contributed by atoms with Gasteiger partial charge in [0.05, 0.1) is 18.2 Å². The van der Waals surface area contributed by atoms with Crippen molar-refractivity contribution in [2.45, 2.75) is 6.92 Å². The summed E-state index contributed by atoms with van der Waals surface area (Å²) < 4.78 is 7.01. The molecule has 4 heteroatoms. The van der Waals surface area contributed by atoms with E-state index < -0.39 is 5.97 Å². The lowest BCUT2D eigenvalue weighted by Gasteiger charge is -2.05. The number of aromatic nitrogens is 1. The molecule has 1 aromatic carbocycles. The van der Waals surface area contributed by atoms with E-state index in [1.54, 1.807) is 17.9 Å². The summed E-state index contributed by atoms with van der Waals surface area (Å²) in [7, 11) is 3.43. The summed E-state index contributed by atoms with van der Waals surface area (Å²) in [5, 5.41) is 9.81. The van der Waals surface area contributed by atoms with E-state index in [4.69, 9.17) is 9.84 Å². The largest absolute Gasteiger partial charge is 0.496 e. The monoisotopic (exact) mass is 219 g/mol. The van der Waals surface area contributed by atoms with E-state index >= 15 is 0 Å². The zero-order valence-electron chi connectivity index (χ0n) is 9.44. The fourth-order valence-electron chi connectivity index (χ4n) is 1.91. The number of fused-ring (bicyclic) bond motifs is 1. The quantitative estimate of drug-likeness (QED) is 0.842. The molecule has 1 aromatic heterocycles. The molecule has 0 bridgehead atoms. The van der Waals surface area contributed by atoms with Gasteiger partial charge >= 0.3 is 5.97 Å². The Kier molecular flexibility index (Phi) is 2.34. The Morgan fingerprint density at radius 2 is 2.12 bits per heavy atom. The van der Waals surface area contributed by atoms with E-state index in [0.717, 1.165) is 22.2 Å². The second kappa shape index (κ2) is 3.56. The molecule has 0 fully saturated rings. The second-order valence-corrected chi connectivity index (χ2v) is 3.80. The predicted molar refractivity (Wildman–Crippen MR) is 61.2 cm³/mol. The maximum Gasteiger partial charge on any atom is 0.337 e. The highest BCUT2D eigenvalue weighted by Crippen LogP contribution is 2.28. The Hall–Kier alpha value is -1.97. The lowest BCUT2D eigenvalue weighted by atomic mass is 10.1. The molecule has 0 unspecified atom stereocenters. The molecule has 0 atom stereocenters. The fraction of sp³-hybridized carbons (Fsp3) is 0.250. The molecule has 0 saturated heterocycles. The Morgan fingerprint density at radius 3 is 2.69 bits per heavy atom. The maximum absolute atomic E-state index is 11.0. The van der Waals surface area contributed by atoms with Crippen LogP contribution in [-0.4, -0.2) is 22.8 Å². The third-order valence-electron chi connectivity index (χ3n) is 2.74. The molecule has 1 N–H and O–H groups in total. The van der Waals surface area contributed by atoms with Crippen LogP contribution in [0.2, 0.25) is 0 Å². The minimum absolute atomic E-state index is 0.322. The second-order valence-electron chi connectivity index (χ2n) is 3.80. The van der Waals surface area contributed by atoms with Crippen molar-refractivity contribution in [3.05, 3.63) is 29.5 Å². The van der Waals surface area contributed by atoms with Crippen molar-refractivity contribution < 1.29 is 14.6 Å². The molecule has 0 aliphatic carbocycles. The summed E-state index contributed by atoms with van der Waals surface area (Å²) in [5.74, 6) is -0.138. The molecule has 0 saturated carbocycles. The molecule has 0 radical (unpaired) electrons. The third-order valence-corrected chi connectivity index (χ3v) is 2.74. The number of methoxy groups -OCH3 is 1. The molecule has 2 aromatic rings. The summed E-state index contributed by atoms with van der Waals surface area (Å²) in [6, 6.07) is 3.70. The van der Waals surface area contributed by atoms with Gasteiger partial charge in [-0.05, 0) is 18.6 Å². The first-order valence-electron chi connectivity index (χ1n) is 4.91. The van der Waals surface area contributed by atoms with Crippen molar-refractivity contribution in [2.75, 3.05) is 7.11 Å². The van der Waals surface area contributed by atoms with Crippen LogP contribution < -0.4 is 4.74 Å². The van der Waals surface area contributed by atoms with E-state index in [2.05, 4.69) is 0 Å². The lowest BCUT2D eigenvalue weighted by molar-refractivity contribution is 0.0699. The standard InChI is InChI=1S/C12H13NO3/c1-7-4-8-9(12(14)15)6-13(2)10(8)5-11(7)16-3/h4-6H,1-3H3,(H,14,15). The summed E-state index contributed by atoms with van der Waals surface area (Å²) in [6.07, 6.45) is 1.62. The Bertz CT molecular complexity index is 569. The minimum Gasteiger partial charge on any atom is -0.496 e. The minimum atomic E-state index is -0.907. The molecule has 16 heavy (non-hydrogen) atoms. The van der Waals surface area contributed by atoms with Crippen LogP contribution >= 0.6 is 0 Å². The first-order chi connectivity index (χ1) is 7.54. The van der Waals surface area contributed by atoms with Crippen LogP contribution in [0.3, 0.4) is 0 Å². The summed E-state index contributed by atoms with van der Waals surface area (Å²) in [6.45, 7) is 1.90. The number of benzene rings is 1. The third kappa shape index (κ3) is 1.43. The number of aryl methyl sites for hydroxylation is 2. The fourth-order valence-corrected chi connectivity index (χ4v) is 1.91. The molecule has 84 valence electrons. The van der Waals surface area contributed by atoms with Crippen molar-refractivity contribution in [1.29, 1.82) is 0 Å². The highest BCUT2D eigenvalue weighted by molar-refractivity contribution is 6.04. The van der Waals surface area contributed by atoms with Gasteiger partial charge in [0.1, 0.15) is 5.75 Å². The van der Waals surface area contributed by atoms with Gasteiger partial charge in [0.25, 0.3) is 0 Å². The normalized spacial score (nSPS) is 10.7. The molecule has 0 spiro atoms. The first-order valence-corrected chi connectivity index (χ1v) is 4.91. The summed E-state index contributed by atoms with van der Waals surface area (Å²) in [5.41, 5.74) is 2.12. The predicted octanol–water partition coefficient (Wildman–Crippen LogP) is 2.19. The highest BCUT2D eigenvalue weighted by Gasteiger charge is 2.14. The average Bonchev–Trinajstić information content (AvgIpc) is 2.54. The first kappa shape index (κ1) is 10.5. The van der Waals surface area contributed by atoms with Gasteiger partial charge in [-0.2, -0.15) is 0 Å². The Morgan fingerprint density at radius 1 is 1.44 bits per heavy atom. The van der Waals surface area contributed by atoms with Gasteiger partial charge in [0.2, 0.25) is 0 Å². The molecule has 0 amide bonds. The van der Waals surface area contributed by atoms with Gasteiger partial charge in [0.15, 0.2) is 0 Å². The van der Waals surface area contributed by atoms with Crippen LogP contribution in [0.5, 0.6) is 5.75 Å². The van der Waals surface area contributed by atoms with Gasteiger partial charge in [-0.15, -0.1) is 0 Å². The van der Waals surface area contributed by atoms with E-state index in [1.807, 2.05) is 26.1 Å². The summed E-state index contributed by atoms with van der Waals surface area (Å²) in [4.78, 5) is 11.0. The van der Waals surface area contributed by atoms with E-state index in [0.29, 0.717) is 5.56 Å². The van der Waals surface area contributed by atoms with Crippen molar-refractivity contribution in [3.63, 3.8) is 0 Å². The molecular weight excluding hydrogens is 206 g/mol. The van der Waals surface area contributed by atoms with Gasteiger partial charge in [0, 0.05) is 24.7 Å². The van der Waals surface area contributed by atoms with Crippen LogP contribution in [0.1, 0.15) is 15.9 Å². The van der Waals surface area contributed by atoms with Crippen molar-refractivity contribution in [3.8, 4) is 5.75 Å². The van der Waals surface area contributed by atoms with Crippen molar-refractivity contribution in [1.82, 2.24) is 4.57 Å². The zero-order valence-corrected chi connectivity index (χ0v) is 9.44. The number of nitrogens with zero attached hydrogens (tertiary/aromatic N) is 1. The van der Waals surface area contributed by atoms with Gasteiger partial charge in [-0.3, -0.25) is 0 Å². The molecule has 0 aliphatic heterocycles. The number of carbonyl (C=O) groups is 1. The maximum atomic E-state index is 11.0. The molecule has 4 nitrogen and oxygen atoms in total. The van der Waals surface area contributed by atoms with E-state index in [9.17, 15) is 4.79 Å². The van der Waals surface area contributed by atoms with Gasteiger partial charge < -0.3 is 14.4 Å². The highest BCUT2D eigenvalue weighted by atomic mass is 16.5. The van der Waals surface area contributed by atoms with Crippen LogP contribution in [0, 0.1) is 6.92 Å². The number of hydrogen-bond acceptors (Lipinski definition) is 2. The number of hydrogen-bond donors (Lipinski definition) is 1. The number of rotatable bonds is 2.